The lowest BCUT2D eigenvalue weighted by atomic mass is 10.1. The van der Waals surface area contributed by atoms with Crippen LogP contribution >= 0.6 is 0 Å². The van der Waals surface area contributed by atoms with Gasteiger partial charge in [0.2, 0.25) is 5.56 Å². The molecule has 0 saturated heterocycles. The van der Waals surface area contributed by atoms with Gasteiger partial charge in [-0.2, -0.15) is 5.10 Å². The third kappa shape index (κ3) is 5.02. The predicted molar refractivity (Wildman–Crippen MR) is 94.1 cm³/mol. The molecule has 1 aromatic rings. The van der Waals surface area contributed by atoms with Crippen LogP contribution in [0.5, 0.6) is 0 Å². The highest BCUT2D eigenvalue weighted by Gasteiger charge is 2.08. The van der Waals surface area contributed by atoms with Crippen LogP contribution < -0.4 is 5.56 Å². The van der Waals surface area contributed by atoms with Crippen LogP contribution in [0.2, 0.25) is 0 Å². The second kappa shape index (κ2) is 7.78. The van der Waals surface area contributed by atoms with Crippen LogP contribution in [0.1, 0.15) is 39.2 Å². The first-order valence-corrected chi connectivity index (χ1v) is 7.58. The van der Waals surface area contributed by atoms with E-state index in [1.165, 1.54) is 5.56 Å². The second-order valence-corrected chi connectivity index (χ2v) is 6.09. The van der Waals surface area contributed by atoms with Gasteiger partial charge in [0.15, 0.2) is 0 Å². The van der Waals surface area contributed by atoms with E-state index in [2.05, 4.69) is 39.4 Å². The largest absolute Gasteiger partial charge is 0.318 e. The molecule has 22 heavy (non-hydrogen) atoms. The number of aromatic nitrogens is 1. The van der Waals surface area contributed by atoms with Gasteiger partial charge in [0.25, 0.3) is 0 Å². The van der Waals surface area contributed by atoms with E-state index in [9.17, 15) is 4.79 Å². The van der Waals surface area contributed by atoms with Crippen molar-refractivity contribution in [2.45, 2.75) is 33.6 Å². The number of hydrogen-bond acceptors (Lipinski definition) is 3. The van der Waals surface area contributed by atoms with Gasteiger partial charge in [-0.1, -0.05) is 40.3 Å². The van der Waals surface area contributed by atoms with Crippen LogP contribution in [0.25, 0.3) is 0 Å². The molecular formula is C18H27N3O. The molecule has 2 rings (SSSR count). The lowest BCUT2D eigenvalue weighted by Gasteiger charge is -2.20. The van der Waals surface area contributed by atoms with Gasteiger partial charge in [0.05, 0.1) is 11.4 Å². The number of rotatable bonds is 2. The number of nitrogens with zero attached hydrogens (tertiary/aromatic N) is 3. The van der Waals surface area contributed by atoms with Crippen LogP contribution in [0.15, 0.2) is 52.7 Å². The van der Waals surface area contributed by atoms with Gasteiger partial charge >= 0.3 is 0 Å². The quantitative estimate of drug-likeness (QED) is 0.838. The van der Waals surface area contributed by atoms with Crippen LogP contribution in [0.4, 0.5) is 0 Å². The zero-order chi connectivity index (χ0) is 16.9. The Morgan fingerprint density at radius 2 is 1.68 bits per heavy atom. The van der Waals surface area contributed by atoms with E-state index in [1.54, 1.807) is 22.7 Å². The normalized spacial score (nSPS) is 14.1. The topological polar surface area (TPSA) is 37.6 Å². The summed E-state index contributed by atoms with van der Waals surface area (Å²) in [5, 5.41) is 6.13. The number of hydrazone groups is 1. The molecule has 0 N–H and O–H groups in total. The lowest BCUT2D eigenvalue weighted by molar-refractivity contribution is 0.455. The minimum Gasteiger partial charge on any atom is -0.318 e. The fourth-order valence-corrected chi connectivity index (χ4v) is 1.82. The minimum atomic E-state index is 0.0504. The van der Waals surface area contributed by atoms with Crippen molar-refractivity contribution in [3.8, 4) is 0 Å². The van der Waals surface area contributed by atoms with E-state index in [1.807, 2.05) is 31.5 Å². The van der Waals surface area contributed by atoms with E-state index in [4.69, 9.17) is 0 Å². The summed E-state index contributed by atoms with van der Waals surface area (Å²) in [5.74, 6) is 0.976. The molecule has 1 aromatic heterocycles. The molecule has 0 amide bonds. The number of aryl methyl sites for hydroxylation is 1. The summed E-state index contributed by atoms with van der Waals surface area (Å²) < 4.78 is 1.61. The first kappa shape index (κ1) is 18.0. The fourth-order valence-electron chi connectivity index (χ4n) is 1.82. The van der Waals surface area contributed by atoms with Crippen molar-refractivity contribution in [2.75, 3.05) is 7.05 Å². The second-order valence-electron chi connectivity index (χ2n) is 6.09. The SMILES string of the molecule is C=C1C=CC(C(C)C)=NN1C.CC(C)c1ccc(=O)n(C)c1. The summed E-state index contributed by atoms with van der Waals surface area (Å²) in [5.41, 5.74) is 3.30. The van der Waals surface area contributed by atoms with Crippen molar-refractivity contribution in [3.63, 3.8) is 0 Å². The molecule has 1 aliphatic heterocycles. The van der Waals surface area contributed by atoms with Gasteiger partial charge in [0.1, 0.15) is 0 Å². The lowest BCUT2D eigenvalue weighted by Crippen LogP contribution is -2.18. The smallest absolute Gasteiger partial charge is 0.250 e. The Morgan fingerprint density at radius 3 is 2.14 bits per heavy atom. The summed E-state index contributed by atoms with van der Waals surface area (Å²) >= 11 is 0. The van der Waals surface area contributed by atoms with Crippen molar-refractivity contribution >= 4 is 5.71 Å². The van der Waals surface area contributed by atoms with Gasteiger partial charge < -0.3 is 4.57 Å². The van der Waals surface area contributed by atoms with Crippen molar-refractivity contribution in [1.82, 2.24) is 9.58 Å². The molecule has 2 heterocycles. The van der Waals surface area contributed by atoms with Crippen LogP contribution in [0, 0.1) is 5.92 Å². The van der Waals surface area contributed by atoms with Gasteiger partial charge in [-0.3, -0.25) is 9.80 Å². The maximum absolute atomic E-state index is 11.0. The average Bonchev–Trinajstić information content (AvgIpc) is 2.45. The molecule has 0 unspecified atom stereocenters. The summed E-state index contributed by atoms with van der Waals surface area (Å²) in [6, 6.07) is 3.49. The van der Waals surface area contributed by atoms with Gasteiger partial charge in [-0.25, -0.2) is 0 Å². The van der Waals surface area contributed by atoms with Crippen molar-refractivity contribution in [1.29, 1.82) is 0 Å². The standard InChI is InChI=1S/C9H14N2.C9H13NO/c1-7(2)9-6-5-8(3)11(4)10-9;1-7(2)8-4-5-9(11)10(3)6-8/h5-7H,3H2,1-2,4H3;4-7H,1-3H3. The van der Waals surface area contributed by atoms with Crippen molar-refractivity contribution in [2.24, 2.45) is 18.1 Å². The first-order valence-electron chi connectivity index (χ1n) is 7.58. The first-order chi connectivity index (χ1) is 10.2. The van der Waals surface area contributed by atoms with Gasteiger partial charge in [-0.15, -0.1) is 0 Å². The Balaban J connectivity index is 0.000000220. The molecule has 0 aliphatic carbocycles. The van der Waals surface area contributed by atoms with E-state index in [0.29, 0.717) is 11.8 Å². The molecule has 0 aromatic carbocycles. The van der Waals surface area contributed by atoms with Crippen LogP contribution in [0.3, 0.4) is 0 Å². The van der Waals surface area contributed by atoms with E-state index >= 15 is 0 Å². The Kier molecular flexibility index (Phi) is 6.35. The minimum absolute atomic E-state index is 0.0504. The van der Waals surface area contributed by atoms with Gasteiger partial charge in [0, 0.05) is 26.4 Å². The highest BCUT2D eigenvalue weighted by molar-refractivity contribution is 5.97. The fraction of sp³-hybridized carbons (Fsp3) is 0.444. The zero-order valence-electron chi connectivity index (χ0n) is 14.5. The molecule has 120 valence electrons. The maximum Gasteiger partial charge on any atom is 0.250 e. The molecule has 1 aliphatic rings. The molecule has 0 radical (unpaired) electrons. The highest BCUT2D eigenvalue weighted by Crippen LogP contribution is 2.12. The van der Waals surface area contributed by atoms with E-state index < -0.39 is 0 Å². The van der Waals surface area contributed by atoms with Gasteiger partial charge in [-0.05, 0) is 29.6 Å². The molecule has 4 heteroatoms. The average molecular weight is 301 g/mol. The number of likely N-dealkylation sites (N-methyl/N-ethyl adjacent to an activating group) is 1. The van der Waals surface area contributed by atoms with E-state index in [0.717, 1.165) is 11.4 Å². The number of allylic oxidation sites excluding steroid dienone is 2. The third-order valence-corrected chi connectivity index (χ3v) is 3.49. The van der Waals surface area contributed by atoms with Crippen molar-refractivity contribution in [3.05, 3.63) is 58.7 Å². The van der Waals surface area contributed by atoms with Crippen molar-refractivity contribution < 1.29 is 0 Å². The monoisotopic (exact) mass is 301 g/mol. The molecule has 0 fully saturated rings. The van der Waals surface area contributed by atoms with Crippen LogP contribution in [-0.2, 0) is 7.05 Å². The highest BCUT2D eigenvalue weighted by atomic mass is 16.1. The number of pyridine rings is 1. The Morgan fingerprint density at radius 1 is 1.05 bits per heavy atom. The number of hydrogen-bond donors (Lipinski definition) is 0. The summed E-state index contributed by atoms with van der Waals surface area (Å²) in [6.45, 7) is 12.3. The third-order valence-electron chi connectivity index (χ3n) is 3.49. The van der Waals surface area contributed by atoms with Crippen LogP contribution in [-0.4, -0.2) is 22.3 Å². The molecule has 0 saturated carbocycles. The Hall–Kier alpha value is -2.10. The molecular weight excluding hydrogens is 274 g/mol. The Bertz CT molecular complexity index is 636. The zero-order valence-corrected chi connectivity index (χ0v) is 14.5. The predicted octanol–water partition coefficient (Wildman–Crippen LogP) is 3.52. The summed E-state index contributed by atoms with van der Waals surface area (Å²) in [4.78, 5) is 11.0. The molecule has 0 atom stereocenters. The summed E-state index contributed by atoms with van der Waals surface area (Å²) in [7, 11) is 3.68. The molecule has 0 bridgehead atoms. The van der Waals surface area contributed by atoms with E-state index in [-0.39, 0.29) is 5.56 Å². The molecule has 0 spiro atoms. The maximum atomic E-state index is 11.0. The summed E-state index contributed by atoms with van der Waals surface area (Å²) in [6.07, 6.45) is 5.89. The molecule has 4 nitrogen and oxygen atoms in total. The Labute approximate surface area is 133 Å².